The fourth-order valence-corrected chi connectivity index (χ4v) is 7.87. The normalized spacial score (nSPS) is 14.1. The molecule has 1 aliphatic rings. The number of ether oxygens (including phenoxy) is 1. The lowest BCUT2D eigenvalue weighted by atomic mass is 9.94. The van der Waals surface area contributed by atoms with Gasteiger partial charge < -0.3 is 15.0 Å². The van der Waals surface area contributed by atoms with Crippen LogP contribution in [-0.2, 0) is 32.6 Å². The molecule has 0 bridgehead atoms. The predicted octanol–water partition coefficient (Wildman–Crippen LogP) is 6.90. The SMILES string of the molecule is COc1ccc(C)cc1N(CC(=O)N(Cc1cccc(C)c1)[C@H](Cc1ccccc1)C(=O)NC1CCCCC1)S(=O)(=O)c1ccc(C)cc1. The number of benzene rings is 4. The number of methoxy groups -OCH3 is 1. The summed E-state index contributed by atoms with van der Waals surface area (Å²) in [4.78, 5) is 30.8. The summed E-state index contributed by atoms with van der Waals surface area (Å²) in [5.74, 6) is -0.423. The maximum Gasteiger partial charge on any atom is 0.264 e. The van der Waals surface area contributed by atoms with Gasteiger partial charge in [-0.15, -0.1) is 0 Å². The van der Waals surface area contributed by atoms with E-state index < -0.39 is 28.5 Å². The van der Waals surface area contributed by atoms with Crippen LogP contribution in [0.15, 0.2) is 102 Å². The molecule has 0 heterocycles. The minimum Gasteiger partial charge on any atom is -0.495 e. The fourth-order valence-electron chi connectivity index (χ4n) is 6.45. The first-order chi connectivity index (χ1) is 23.5. The zero-order valence-electron chi connectivity index (χ0n) is 28.9. The maximum atomic E-state index is 14.9. The Morgan fingerprint density at radius 1 is 0.796 bits per heavy atom. The number of anilines is 1. The van der Waals surface area contributed by atoms with E-state index in [-0.39, 0.29) is 35.5 Å². The second kappa shape index (κ2) is 16.2. The molecule has 1 aliphatic carbocycles. The van der Waals surface area contributed by atoms with E-state index >= 15 is 0 Å². The zero-order valence-corrected chi connectivity index (χ0v) is 29.7. The van der Waals surface area contributed by atoms with E-state index in [0.717, 1.165) is 64.2 Å². The first-order valence-electron chi connectivity index (χ1n) is 17.0. The molecule has 0 saturated heterocycles. The van der Waals surface area contributed by atoms with E-state index in [2.05, 4.69) is 5.32 Å². The summed E-state index contributed by atoms with van der Waals surface area (Å²) >= 11 is 0. The molecule has 0 spiro atoms. The zero-order chi connectivity index (χ0) is 35.0. The minimum absolute atomic E-state index is 0.0328. The summed E-state index contributed by atoms with van der Waals surface area (Å²) in [5, 5.41) is 3.26. The smallest absolute Gasteiger partial charge is 0.264 e. The second-order valence-electron chi connectivity index (χ2n) is 13.1. The third-order valence-electron chi connectivity index (χ3n) is 9.15. The Morgan fingerprint density at radius 3 is 2.12 bits per heavy atom. The van der Waals surface area contributed by atoms with Crippen LogP contribution in [0.25, 0.3) is 0 Å². The van der Waals surface area contributed by atoms with Gasteiger partial charge in [0.25, 0.3) is 10.0 Å². The Labute approximate surface area is 291 Å². The highest BCUT2D eigenvalue weighted by Crippen LogP contribution is 2.34. The summed E-state index contributed by atoms with van der Waals surface area (Å²) in [7, 11) is -2.78. The largest absolute Gasteiger partial charge is 0.495 e. The molecule has 4 aromatic carbocycles. The number of carbonyl (C=O) groups excluding carboxylic acids is 2. The van der Waals surface area contributed by atoms with Crippen LogP contribution in [-0.4, -0.2) is 50.9 Å². The van der Waals surface area contributed by atoms with E-state index in [9.17, 15) is 18.0 Å². The van der Waals surface area contributed by atoms with Crippen molar-refractivity contribution in [2.75, 3.05) is 18.0 Å². The first kappa shape index (κ1) is 35.7. The van der Waals surface area contributed by atoms with Gasteiger partial charge in [-0.25, -0.2) is 8.42 Å². The average molecular weight is 682 g/mol. The van der Waals surface area contributed by atoms with Crippen LogP contribution >= 0.6 is 0 Å². The first-order valence-corrected chi connectivity index (χ1v) is 18.4. The molecule has 258 valence electrons. The number of carbonyl (C=O) groups is 2. The van der Waals surface area contributed by atoms with Crippen molar-refractivity contribution in [1.82, 2.24) is 10.2 Å². The van der Waals surface area contributed by atoms with Gasteiger partial charge in [-0.05, 0) is 74.6 Å². The Hall–Kier alpha value is -4.63. The summed E-state index contributed by atoms with van der Waals surface area (Å²) in [6.45, 7) is 5.31. The minimum atomic E-state index is -4.25. The predicted molar refractivity (Wildman–Crippen MR) is 194 cm³/mol. The monoisotopic (exact) mass is 681 g/mol. The van der Waals surface area contributed by atoms with Gasteiger partial charge >= 0.3 is 0 Å². The Morgan fingerprint density at radius 2 is 1.45 bits per heavy atom. The molecule has 1 N–H and O–H groups in total. The third kappa shape index (κ3) is 9.09. The van der Waals surface area contributed by atoms with Gasteiger partial charge in [0.2, 0.25) is 11.8 Å². The van der Waals surface area contributed by atoms with Crippen LogP contribution in [0.5, 0.6) is 5.75 Å². The lowest BCUT2D eigenvalue weighted by Gasteiger charge is -2.35. The van der Waals surface area contributed by atoms with Crippen LogP contribution in [0.1, 0.15) is 59.9 Å². The number of hydrogen-bond donors (Lipinski definition) is 1. The summed E-state index contributed by atoms with van der Waals surface area (Å²) in [5.41, 5.74) is 4.72. The molecule has 0 unspecified atom stereocenters. The van der Waals surface area contributed by atoms with E-state index in [1.165, 1.54) is 7.11 Å². The number of amides is 2. The quantitative estimate of drug-likeness (QED) is 0.166. The number of nitrogens with zero attached hydrogens (tertiary/aromatic N) is 2. The molecular formula is C40H47N3O5S. The topological polar surface area (TPSA) is 96.0 Å². The van der Waals surface area contributed by atoms with Crippen molar-refractivity contribution in [2.45, 2.75) is 82.8 Å². The van der Waals surface area contributed by atoms with Crippen molar-refractivity contribution in [3.05, 3.63) is 125 Å². The molecule has 2 amide bonds. The highest BCUT2D eigenvalue weighted by molar-refractivity contribution is 7.92. The van der Waals surface area contributed by atoms with Crippen molar-refractivity contribution >= 4 is 27.5 Å². The van der Waals surface area contributed by atoms with Gasteiger partial charge in [-0.2, -0.15) is 0 Å². The Kier molecular flexibility index (Phi) is 11.8. The van der Waals surface area contributed by atoms with Crippen LogP contribution in [0.2, 0.25) is 0 Å². The highest BCUT2D eigenvalue weighted by Gasteiger charge is 2.36. The average Bonchev–Trinajstić information content (AvgIpc) is 3.09. The standard InChI is InChI=1S/C40H47N3O5S/c1-29-18-21-35(22-19-29)49(46,47)43(36-25-31(3)20-23-38(36)48-4)28-39(44)42(27-33-15-11-12-30(2)24-33)37(26-32-13-7-5-8-14-32)40(45)41-34-16-9-6-10-17-34/h5,7-8,11-15,18-25,34,37H,6,9-10,16-17,26-28H2,1-4H3,(H,41,45)/t37-/m1/s1. The van der Waals surface area contributed by atoms with E-state index in [0.29, 0.717) is 5.75 Å². The van der Waals surface area contributed by atoms with E-state index in [1.807, 2.05) is 81.4 Å². The van der Waals surface area contributed by atoms with Crippen molar-refractivity contribution in [3.8, 4) is 5.75 Å². The molecule has 5 rings (SSSR count). The fraction of sp³-hybridized carbons (Fsp3) is 0.350. The molecule has 1 fully saturated rings. The Bertz CT molecular complexity index is 1840. The van der Waals surface area contributed by atoms with Gasteiger partial charge in [0.15, 0.2) is 0 Å². The van der Waals surface area contributed by atoms with Crippen molar-refractivity contribution in [3.63, 3.8) is 0 Å². The van der Waals surface area contributed by atoms with Gasteiger partial charge in [0.1, 0.15) is 18.3 Å². The molecule has 9 heteroatoms. The molecule has 49 heavy (non-hydrogen) atoms. The van der Waals surface area contributed by atoms with Gasteiger partial charge in [0.05, 0.1) is 17.7 Å². The van der Waals surface area contributed by atoms with Gasteiger partial charge in [-0.3, -0.25) is 13.9 Å². The number of hydrogen-bond acceptors (Lipinski definition) is 5. The highest BCUT2D eigenvalue weighted by atomic mass is 32.2. The summed E-state index contributed by atoms with van der Waals surface area (Å²) in [6.07, 6.45) is 5.30. The lowest BCUT2D eigenvalue weighted by Crippen LogP contribution is -2.55. The summed E-state index contributed by atoms with van der Waals surface area (Å²) in [6, 6.07) is 28.4. The molecule has 1 atom stereocenters. The van der Waals surface area contributed by atoms with Gasteiger partial charge in [-0.1, -0.05) is 103 Å². The molecule has 8 nitrogen and oxygen atoms in total. The molecule has 0 aromatic heterocycles. The van der Waals surface area contributed by atoms with Crippen LogP contribution < -0.4 is 14.4 Å². The van der Waals surface area contributed by atoms with Crippen molar-refractivity contribution in [1.29, 1.82) is 0 Å². The van der Waals surface area contributed by atoms with E-state index in [1.54, 1.807) is 41.3 Å². The molecular weight excluding hydrogens is 635 g/mol. The van der Waals surface area contributed by atoms with Gasteiger partial charge in [0, 0.05) is 19.0 Å². The van der Waals surface area contributed by atoms with E-state index in [4.69, 9.17) is 4.74 Å². The van der Waals surface area contributed by atoms with Crippen LogP contribution in [0.3, 0.4) is 0 Å². The number of sulfonamides is 1. The third-order valence-corrected chi connectivity index (χ3v) is 10.9. The lowest BCUT2D eigenvalue weighted by molar-refractivity contribution is -0.140. The molecule has 0 radical (unpaired) electrons. The number of aryl methyl sites for hydroxylation is 3. The summed E-state index contributed by atoms with van der Waals surface area (Å²) < 4.78 is 35.7. The van der Waals surface area contributed by atoms with Crippen molar-refractivity contribution in [2.24, 2.45) is 0 Å². The molecule has 4 aromatic rings. The maximum absolute atomic E-state index is 14.9. The number of rotatable bonds is 13. The van der Waals surface area contributed by atoms with Crippen LogP contribution in [0.4, 0.5) is 5.69 Å². The van der Waals surface area contributed by atoms with Crippen molar-refractivity contribution < 1.29 is 22.7 Å². The molecule has 0 aliphatic heterocycles. The van der Waals surface area contributed by atoms with Crippen LogP contribution in [0, 0.1) is 20.8 Å². The Balaban J connectivity index is 1.60. The number of nitrogens with one attached hydrogen (secondary N) is 1. The second-order valence-corrected chi connectivity index (χ2v) is 14.9. The molecule has 1 saturated carbocycles.